The van der Waals surface area contributed by atoms with Crippen LogP contribution < -0.4 is 4.74 Å². The minimum atomic E-state index is -0.369. The first kappa shape index (κ1) is 13.6. The molecule has 0 radical (unpaired) electrons. The van der Waals surface area contributed by atoms with Crippen LogP contribution in [0.2, 0.25) is 5.02 Å². The summed E-state index contributed by atoms with van der Waals surface area (Å²) in [5.74, 6) is 0.601. The summed E-state index contributed by atoms with van der Waals surface area (Å²) in [7, 11) is 0. The third kappa shape index (κ3) is 3.38. The lowest BCUT2D eigenvalue weighted by Gasteiger charge is -2.08. The van der Waals surface area contributed by atoms with E-state index in [-0.39, 0.29) is 5.82 Å². The standard InChI is InChI=1S/C17H11ClFNO/c18-14-4-1-3-12(7-14)13-8-15(19)10-17(9-13)21-16-5-2-6-20-11-16/h1-11H. The maximum atomic E-state index is 13.8. The van der Waals surface area contributed by atoms with Crippen molar-refractivity contribution in [3.05, 3.63) is 77.8 Å². The summed E-state index contributed by atoms with van der Waals surface area (Å²) in [6.07, 6.45) is 3.22. The van der Waals surface area contributed by atoms with E-state index >= 15 is 0 Å². The second kappa shape index (κ2) is 5.94. The molecular formula is C17H11ClFNO. The number of pyridine rings is 1. The molecule has 104 valence electrons. The molecule has 2 nitrogen and oxygen atoms in total. The van der Waals surface area contributed by atoms with Gasteiger partial charge in [0.25, 0.3) is 0 Å². The summed E-state index contributed by atoms with van der Waals surface area (Å²) in [4.78, 5) is 3.96. The molecule has 1 aromatic heterocycles. The van der Waals surface area contributed by atoms with Crippen molar-refractivity contribution in [1.29, 1.82) is 0 Å². The molecule has 0 saturated carbocycles. The molecule has 0 aliphatic carbocycles. The van der Waals surface area contributed by atoms with Gasteiger partial charge in [-0.1, -0.05) is 23.7 Å². The van der Waals surface area contributed by atoms with E-state index in [4.69, 9.17) is 16.3 Å². The van der Waals surface area contributed by atoms with E-state index in [0.717, 1.165) is 5.56 Å². The molecule has 2 aromatic carbocycles. The summed E-state index contributed by atoms with van der Waals surface area (Å²) in [5, 5.41) is 0.603. The number of hydrogen-bond donors (Lipinski definition) is 0. The van der Waals surface area contributed by atoms with Gasteiger partial charge in [0.2, 0.25) is 0 Å². The van der Waals surface area contributed by atoms with Gasteiger partial charge in [-0.3, -0.25) is 4.98 Å². The molecule has 3 aromatic rings. The zero-order chi connectivity index (χ0) is 14.7. The van der Waals surface area contributed by atoms with Crippen molar-refractivity contribution in [2.45, 2.75) is 0 Å². The average Bonchev–Trinajstić information content (AvgIpc) is 2.48. The fourth-order valence-electron chi connectivity index (χ4n) is 2.00. The molecule has 0 amide bonds. The molecule has 0 aliphatic heterocycles. The van der Waals surface area contributed by atoms with E-state index in [0.29, 0.717) is 22.1 Å². The highest BCUT2D eigenvalue weighted by Crippen LogP contribution is 2.29. The maximum absolute atomic E-state index is 13.8. The fraction of sp³-hybridized carbons (Fsp3) is 0. The summed E-state index contributed by atoms with van der Waals surface area (Å²) < 4.78 is 19.4. The molecule has 0 bridgehead atoms. The van der Waals surface area contributed by atoms with Gasteiger partial charge in [-0.25, -0.2) is 4.39 Å². The van der Waals surface area contributed by atoms with Gasteiger partial charge >= 0.3 is 0 Å². The summed E-state index contributed by atoms with van der Waals surface area (Å²) in [5.41, 5.74) is 1.54. The number of ether oxygens (including phenoxy) is 1. The lowest BCUT2D eigenvalue weighted by Crippen LogP contribution is -1.88. The predicted octanol–water partition coefficient (Wildman–Crippen LogP) is 5.33. The maximum Gasteiger partial charge on any atom is 0.145 e. The minimum absolute atomic E-state index is 0.369. The molecule has 3 rings (SSSR count). The first-order valence-corrected chi connectivity index (χ1v) is 6.73. The Labute approximate surface area is 126 Å². The van der Waals surface area contributed by atoms with Crippen LogP contribution >= 0.6 is 11.6 Å². The molecule has 21 heavy (non-hydrogen) atoms. The van der Waals surface area contributed by atoms with Gasteiger partial charge < -0.3 is 4.74 Å². The Kier molecular flexibility index (Phi) is 3.84. The number of benzene rings is 2. The van der Waals surface area contributed by atoms with Gasteiger partial charge in [-0.05, 0) is 47.5 Å². The molecule has 0 N–H and O–H groups in total. The molecule has 0 spiro atoms. The van der Waals surface area contributed by atoms with Crippen LogP contribution in [0.5, 0.6) is 11.5 Å². The molecular weight excluding hydrogens is 289 g/mol. The Morgan fingerprint density at radius 2 is 1.81 bits per heavy atom. The Balaban J connectivity index is 1.97. The van der Waals surface area contributed by atoms with Gasteiger partial charge in [-0.15, -0.1) is 0 Å². The quantitative estimate of drug-likeness (QED) is 0.652. The fourth-order valence-corrected chi connectivity index (χ4v) is 2.19. The molecule has 0 aliphatic rings. The lowest BCUT2D eigenvalue weighted by atomic mass is 10.1. The van der Waals surface area contributed by atoms with E-state index in [1.807, 2.05) is 12.1 Å². The van der Waals surface area contributed by atoms with Crippen molar-refractivity contribution in [3.63, 3.8) is 0 Å². The number of hydrogen-bond acceptors (Lipinski definition) is 2. The van der Waals surface area contributed by atoms with Crippen molar-refractivity contribution in [2.75, 3.05) is 0 Å². The van der Waals surface area contributed by atoms with Gasteiger partial charge in [0.1, 0.15) is 17.3 Å². The van der Waals surface area contributed by atoms with Gasteiger partial charge in [0.05, 0.1) is 6.20 Å². The van der Waals surface area contributed by atoms with E-state index in [1.165, 1.54) is 12.1 Å². The molecule has 4 heteroatoms. The largest absolute Gasteiger partial charge is 0.456 e. The van der Waals surface area contributed by atoms with Crippen molar-refractivity contribution in [3.8, 4) is 22.6 Å². The van der Waals surface area contributed by atoms with E-state index in [9.17, 15) is 4.39 Å². The predicted molar refractivity (Wildman–Crippen MR) is 81.2 cm³/mol. The molecule has 0 fully saturated rings. The monoisotopic (exact) mass is 299 g/mol. The zero-order valence-electron chi connectivity index (χ0n) is 11.0. The number of halogens is 2. The molecule has 1 heterocycles. The smallest absolute Gasteiger partial charge is 0.145 e. The average molecular weight is 300 g/mol. The van der Waals surface area contributed by atoms with Crippen LogP contribution in [-0.4, -0.2) is 4.98 Å². The van der Waals surface area contributed by atoms with E-state index < -0.39 is 0 Å². The van der Waals surface area contributed by atoms with Gasteiger partial charge in [0, 0.05) is 17.3 Å². The van der Waals surface area contributed by atoms with Crippen LogP contribution in [0.25, 0.3) is 11.1 Å². The SMILES string of the molecule is Fc1cc(Oc2cccnc2)cc(-c2cccc(Cl)c2)c1. The Hall–Kier alpha value is -2.39. The second-order valence-electron chi connectivity index (χ2n) is 4.48. The van der Waals surface area contributed by atoms with Gasteiger partial charge in [-0.2, -0.15) is 0 Å². The van der Waals surface area contributed by atoms with Crippen LogP contribution in [0, 0.1) is 5.82 Å². The Bertz CT molecular complexity index is 762. The first-order chi connectivity index (χ1) is 10.2. The normalized spacial score (nSPS) is 10.4. The lowest BCUT2D eigenvalue weighted by molar-refractivity contribution is 0.475. The number of rotatable bonds is 3. The van der Waals surface area contributed by atoms with Crippen LogP contribution in [0.15, 0.2) is 67.0 Å². The molecule has 0 unspecified atom stereocenters. The van der Waals surface area contributed by atoms with Crippen molar-refractivity contribution >= 4 is 11.6 Å². The van der Waals surface area contributed by atoms with Crippen molar-refractivity contribution < 1.29 is 9.13 Å². The Morgan fingerprint density at radius 1 is 0.905 bits per heavy atom. The summed E-state index contributed by atoms with van der Waals surface area (Å²) in [6.45, 7) is 0. The van der Waals surface area contributed by atoms with E-state index in [1.54, 1.807) is 42.7 Å². The second-order valence-corrected chi connectivity index (χ2v) is 4.91. The van der Waals surface area contributed by atoms with E-state index in [2.05, 4.69) is 4.98 Å². The third-order valence-electron chi connectivity index (χ3n) is 2.90. The Morgan fingerprint density at radius 3 is 2.57 bits per heavy atom. The number of aromatic nitrogens is 1. The highest BCUT2D eigenvalue weighted by molar-refractivity contribution is 6.30. The van der Waals surface area contributed by atoms with Crippen LogP contribution in [-0.2, 0) is 0 Å². The van der Waals surface area contributed by atoms with Gasteiger partial charge in [0.15, 0.2) is 0 Å². The topological polar surface area (TPSA) is 22.1 Å². The number of nitrogens with zero attached hydrogens (tertiary/aromatic N) is 1. The van der Waals surface area contributed by atoms with Crippen LogP contribution in [0.3, 0.4) is 0 Å². The zero-order valence-corrected chi connectivity index (χ0v) is 11.7. The molecule has 0 atom stereocenters. The van der Waals surface area contributed by atoms with Crippen molar-refractivity contribution in [1.82, 2.24) is 4.98 Å². The van der Waals surface area contributed by atoms with Crippen LogP contribution in [0.1, 0.15) is 0 Å². The van der Waals surface area contributed by atoms with Crippen molar-refractivity contribution in [2.24, 2.45) is 0 Å². The summed E-state index contributed by atoms with van der Waals surface area (Å²) >= 11 is 5.97. The highest BCUT2D eigenvalue weighted by Gasteiger charge is 2.06. The minimum Gasteiger partial charge on any atom is -0.456 e. The highest BCUT2D eigenvalue weighted by atomic mass is 35.5. The summed E-state index contributed by atoms with van der Waals surface area (Å²) in [6, 6.07) is 15.3. The third-order valence-corrected chi connectivity index (χ3v) is 3.13. The molecule has 0 saturated heterocycles. The first-order valence-electron chi connectivity index (χ1n) is 6.35. The van der Waals surface area contributed by atoms with Crippen LogP contribution in [0.4, 0.5) is 4.39 Å².